The van der Waals surface area contributed by atoms with Crippen molar-refractivity contribution in [2.75, 3.05) is 26.3 Å². The van der Waals surface area contributed by atoms with E-state index in [1.54, 1.807) is 6.92 Å². The average Bonchev–Trinajstić information content (AvgIpc) is 3.09. The molecule has 1 aromatic carbocycles. The molecule has 1 amide bonds. The molecule has 1 aromatic heterocycles. The molecular formula is C18H21N3O4. The normalized spacial score (nSPS) is 23.0. The second kappa shape index (κ2) is 6.84. The van der Waals surface area contributed by atoms with Gasteiger partial charge in [0, 0.05) is 19.9 Å². The largest absolute Gasteiger partial charge is 0.493 e. The summed E-state index contributed by atoms with van der Waals surface area (Å²) in [6.45, 7) is 3.91. The first-order valence-electron chi connectivity index (χ1n) is 8.62. The van der Waals surface area contributed by atoms with Gasteiger partial charge in [-0.15, -0.1) is 10.2 Å². The minimum Gasteiger partial charge on any atom is -0.493 e. The summed E-state index contributed by atoms with van der Waals surface area (Å²) in [5.41, 5.74) is 1.12. The summed E-state index contributed by atoms with van der Waals surface area (Å²) in [5.74, 6) is 2.16. The number of aryl methyl sites for hydroxylation is 1. The highest BCUT2D eigenvalue weighted by Crippen LogP contribution is 2.36. The molecule has 3 heterocycles. The molecule has 2 aliphatic heterocycles. The molecule has 0 unspecified atom stereocenters. The maximum absolute atomic E-state index is 12.8. The third-order valence-corrected chi connectivity index (χ3v) is 4.74. The highest BCUT2D eigenvalue weighted by molar-refractivity contribution is 5.77. The number of hydrogen-bond acceptors (Lipinski definition) is 6. The molecule has 132 valence electrons. The molecule has 7 heteroatoms. The molecule has 1 fully saturated rings. The van der Waals surface area contributed by atoms with Crippen LogP contribution in [0.2, 0.25) is 0 Å². The Morgan fingerprint density at radius 2 is 2.16 bits per heavy atom. The zero-order valence-electron chi connectivity index (χ0n) is 14.2. The zero-order valence-corrected chi connectivity index (χ0v) is 14.2. The summed E-state index contributed by atoms with van der Waals surface area (Å²) >= 11 is 0. The van der Waals surface area contributed by atoms with E-state index < -0.39 is 0 Å². The molecule has 7 nitrogen and oxygen atoms in total. The lowest BCUT2D eigenvalue weighted by Crippen LogP contribution is -2.43. The molecule has 0 spiro atoms. The summed E-state index contributed by atoms with van der Waals surface area (Å²) in [5, 5.41) is 7.85. The van der Waals surface area contributed by atoms with E-state index in [2.05, 4.69) is 16.3 Å². The number of amides is 1. The fourth-order valence-corrected chi connectivity index (χ4v) is 3.43. The van der Waals surface area contributed by atoms with E-state index in [0.717, 1.165) is 17.7 Å². The Bertz CT molecular complexity index is 760. The van der Waals surface area contributed by atoms with Crippen molar-refractivity contribution >= 4 is 5.91 Å². The highest BCUT2D eigenvalue weighted by atomic mass is 16.5. The summed E-state index contributed by atoms with van der Waals surface area (Å²) in [4.78, 5) is 14.7. The molecule has 2 aliphatic rings. The fourth-order valence-electron chi connectivity index (χ4n) is 3.43. The predicted octanol–water partition coefficient (Wildman–Crippen LogP) is 2.23. The van der Waals surface area contributed by atoms with Gasteiger partial charge in [0.15, 0.2) is 6.10 Å². The quantitative estimate of drug-likeness (QED) is 0.850. The Labute approximate surface area is 145 Å². The van der Waals surface area contributed by atoms with Gasteiger partial charge in [0.25, 0.3) is 0 Å². The van der Waals surface area contributed by atoms with Crippen molar-refractivity contribution in [3.8, 4) is 5.75 Å². The van der Waals surface area contributed by atoms with Gasteiger partial charge in [0.05, 0.1) is 19.8 Å². The number of rotatable bonds is 3. The SMILES string of the molecule is Cc1nnc([C@H]2CN(C(=O)C[C@H]3CCOc4ccccc43)CCO2)o1. The number of benzene rings is 1. The highest BCUT2D eigenvalue weighted by Gasteiger charge is 2.31. The van der Waals surface area contributed by atoms with Gasteiger partial charge in [-0.25, -0.2) is 0 Å². The molecule has 0 radical (unpaired) electrons. The number of ether oxygens (including phenoxy) is 2. The Morgan fingerprint density at radius 1 is 1.28 bits per heavy atom. The lowest BCUT2D eigenvalue weighted by atomic mass is 9.90. The van der Waals surface area contributed by atoms with E-state index >= 15 is 0 Å². The van der Waals surface area contributed by atoms with Gasteiger partial charge in [0.2, 0.25) is 17.7 Å². The average molecular weight is 343 g/mol. The first-order valence-corrected chi connectivity index (χ1v) is 8.62. The van der Waals surface area contributed by atoms with Crippen LogP contribution >= 0.6 is 0 Å². The van der Waals surface area contributed by atoms with Gasteiger partial charge in [-0.2, -0.15) is 0 Å². The van der Waals surface area contributed by atoms with Crippen LogP contribution in [0.25, 0.3) is 0 Å². The molecule has 0 bridgehead atoms. The summed E-state index contributed by atoms with van der Waals surface area (Å²) in [6.07, 6.45) is 0.996. The van der Waals surface area contributed by atoms with Crippen molar-refractivity contribution in [1.29, 1.82) is 0 Å². The maximum Gasteiger partial charge on any atom is 0.246 e. The van der Waals surface area contributed by atoms with Crippen LogP contribution in [0.4, 0.5) is 0 Å². The Kier molecular flexibility index (Phi) is 4.40. The predicted molar refractivity (Wildman–Crippen MR) is 88.2 cm³/mol. The van der Waals surface area contributed by atoms with Crippen molar-refractivity contribution in [1.82, 2.24) is 15.1 Å². The smallest absolute Gasteiger partial charge is 0.246 e. The molecule has 25 heavy (non-hydrogen) atoms. The van der Waals surface area contributed by atoms with Gasteiger partial charge >= 0.3 is 0 Å². The van der Waals surface area contributed by atoms with Crippen LogP contribution in [0.1, 0.15) is 42.2 Å². The van der Waals surface area contributed by atoms with Crippen molar-refractivity contribution in [3.05, 3.63) is 41.6 Å². The van der Waals surface area contributed by atoms with Crippen LogP contribution in [0.5, 0.6) is 5.75 Å². The van der Waals surface area contributed by atoms with Gasteiger partial charge in [-0.1, -0.05) is 18.2 Å². The van der Waals surface area contributed by atoms with Crippen LogP contribution in [-0.2, 0) is 9.53 Å². The number of aromatic nitrogens is 2. The molecular weight excluding hydrogens is 322 g/mol. The van der Waals surface area contributed by atoms with Crippen LogP contribution < -0.4 is 4.74 Å². The third-order valence-electron chi connectivity index (χ3n) is 4.74. The molecule has 0 N–H and O–H groups in total. The van der Waals surface area contributed by atoms with E-state index in [9.17, 15) is 4.79 Å². The van der Waals surface area contributed by atoms with Crippen LogP contribution in [0, 0.1) is 6.92 Å². The standard InChI is InChI=1S/C18H21N3O4/c1-12-19-20-18(25-12)16-11-21(7-9-24-16)17(22)10-13-6-8-23-15-5-3-2-4-14(13)15/h2-5,13,16H,6-11H2,1H3/t13-,16-/m1/s1. The van der Waals surface area contributed by atoms with Crippen LogP contribution in [0.15, 0.2) is 28.7 Å². The van der Waals surface area contributed by atoms with Crippen molar-refractivity contribution in [2.24, 2.45) is 0 Å². The van der Waals surface area contributed by atoms with Gasteiger partial charge in [0.1, 0.15) is 5.75 Å². The molecule has 4 rings (SSSR count). The Hall–Kier alpha value is -2.41. The summed E-state index contributed by atoms with van der Waals surface area (Å²) in [6, 6.07) is 7.97. The monoisotopic (exact) mass is 343 g/mol. The molecule has 2 atom stereocenters. The lowest BCUT2D eigenvalue weighted by molar-refractivity contribution is -0.140. The summed E-state index contributed by atoms with van der Waals surface area (Å²) < 4.78 is 16.8. The van der Waals surface area contributed by atoms with E-state index in [-0.39, 0.29) is 17.9 Å². The maximum atomic E-state index is 12.8. The number of carbonyl (C=O) groups is 1. The minimum absolute atomic E-state index is 0.131. The van der Waals surface area contributed by atoms with E-state index in [4.69, 9.17) is 13.9 Å². The van der Waals surface area contributed by atoms with Crippen molar-refractivity contribution < 1.29 is 18.7 Å². The van der Waals surface area contributed by atoms with Crippen molar-refractivity contribution in [3.63, 3.8) is 0 Å². The third kappa shape index (κ3) is 3.37. The van der Waals surface area contributed by atoms with Crippen LogP contribution in [-0.4, -0.2) is 47.3 Å². The number of carbonyl (C=O) groups excluding carboxylic acids is 1. The fraction of sp³-hybridized carbons (Fsp3) is 0.500. The van der Waals surface area contributed by atoms with Gasteiger partial charge < -0.3 is 18.8 Å². The Morgan fingerprint density at radius 3 is 3.00 bits per heavy atom. The first kappa shape index (κ1) is 16.1. The lowest BCUT2D eigenvalue weighted by Gasteiger charge is -2.33. The van der Waals surface area contributed by atoms with Gasteiger partial charge in [-0.3, -0.25) is 4.79 Å². The molecule has 2 aromatic rings. The number of fused-ring (bicyclic) bond motifs is 1. The Balaban J connectivity index is 1.43. The first-order chi connectivity index (χ1) is 12.2. The topological polar surface area (TPSA) is 77.7 Å². The van der Waals surface area contributed by atoms with E-state index in [0.29, 0.717) is 44.5 Å². The minimum atomic E-state index is -0.346. The van der Waals surface area contributed by atoms with E-state index in [1.807, 2.05) is 23.1 Å². The van der Waals surface area contributed by atoms with E-state index in [1.165, 1.54) is 0 Å². The number of para-hydroxylation sites is 1. The second-order valence-corrected chi connectivity index (χ2v) is 6.43. The number of nitrogens with zero attached hydrogens (tertiary/aromatic N) is 3. The molecule has 0 aliphatic carbocycles. The van der Waals surface area contributed by atoms with Crippen LogP contribution in [0.3, 0.4) is 0 Å². The van der Waals surface area contributed by atoms with Gasteiger partial charge in [-0.05, 0) is 24.0 Å². The second-order valence-electron chi connectivity index (χ2n) is 6.43. The van der Waals surface area contributed by atoms with Crippen molar-refractivity contribution in [2.45, 2.75) is 31.8 Å². The molecule has 1 saturated heterocycles. The zero-order chi connectivity index (χ0) is 17.2. The molecule has 0 saturated carbocycles. The summed E-state index contributed by atoms with van der Waals surface area (Å²) in [7, 11) is 0. The number of hydrogen-bond donors (Lipinski definition) is 0. The number of morpholine rings is 1.